The van der Waals surface area contributed by atoms with E-state index in [1.165, 1.54) is 37.1 Å². The van der Waals surface area contributed by atoms with Gasteiger partial charge in [-0.1, -0.05) is 30.3 Å². The van der Waals surface area contributed by atoms with Crippen LogP contribution in [0, 0.1) is 0 Å². The molecule has 0 radical (unpaired) electrons. The van der Waals surface area contributed by atoms with E-state index < -0.39 is 0 Å². The second-order valence-electron chi connectivity index (χ2n) is 7.54. The summed E-state index contributed by atoms with van der Waals surface area (Å²) >= 11 is 0. The fourth-order valence-electron chi connectivity index (χ4n) is 3.64. The number of hydrogen-bond donors (Lipinski definition) is 2. The van der Waals surface area contributed by atoms with Gasteiger partial charge in [-0.05, 0) is 61.7 Å². The number of guanidine groups is 1. The molecule has 1 saturated heterocycles. The van der Waals surface area contributed by atoms with E-state index in [2.05, 4.69) is 46.7 Å². The van der Waals surface area contributed by atoms with Crippen LogP contribution in [0.1, 0.15) is 36.5 Å². The van der Waals surface area contributed by atoms with Crippen LogP contribution in [0.3, 0.4) is 0 Å². The largest absolute Gasteiger partial charge is 0.493 e. The highest BCUT2D eigenvalue weighted by atomic mass is 16.5. The lowest BCUT2D eigenvalue weighted by Crippen LogP contribution is -2.36. The lowest BCUT2D eigenvalue weighted by molar-refractivity contribution is 0.331. The highest BCUT2D eigenvalue weighted by Gasteiger charge is 2.11. The molecule has 0 saturated carbocycles. The summed E-state index contributed by atoms with van der Waals surface area (Å²) < 4.78 is 10.7. The van der Waals surface area contributed by atoms with E-state index in [1.54, 1.807) is 14.2 Å². The fourth-order valence-corrected chi connectivity index (χ4v) is 3.64. The van der Waals surface area contributed by atoms with Crippen LogP contribution in [0.25, 0.3) is 0 Å². The van der Waals surface area contributed by atoms with Crippen LogP contribution in [-0.4, -0.2) is 44.7 Å². The molecule has 0 spiro atoms. The first-order chi connectivity index (χ1) is 14.7. The molecule has 2 aromatic carbocycles. The van der Waals surface area contributed by atoms with Gasteiger partial charge in [-0.3, -0.25) is 4.90 Å². The zero-order valence-corrected chi connectivity index (χ0v) is 18.4. The van der Waals surface area contributed by atoms with Gasteiger partial charge in [-0.15, -0.1) is 0 Å². The molecule has 0 atom stereocenters. The van der Waals surface area contributed by atoms with Gasteiger partial charge in [0.15, 0.2) is 17.5 Å². The molecule has 3 rings (SSSR count). The molecule has 162 valence electrons. The van der Waals surface area contributed by atoms with E-state index in [0.717, 1.165) is 42.7 Å². The average Bonchev–Trinajstić information content (AvgIpc) is 3.29. The van der Waals surface area contributed by atoms with Crippen molar-refractivity contribution in [1.82, 2.24) is 15.5 Å². The average molecular weight is 411 g/mol. The van der Waals surface area contributed by atoms with Crippen LogP contribution in [0.15, 0.2) is 47.5 Å². The smallest absolute Gasteiger partial charge is 0.191 e. The molecule has 1 aliphatic heterocycles. The molecule has 0 unspecified atom stereocenters. The van der Waals surface area contributed by atoms with Gasteiger partial charge in [0.1, 0.15) is 0 Å². The topological polar surface area (TPSA) is 58.1 Å². The second kappa shape index (κ2) is 11.5. The van der Waals surface area contributed by atoms with Crippen molar-refractivity contribution >= 4 is 5.96 Å². The molecule has 0 aliphatic carbocycles. The molecule has 6 nitrogen and oxygen atoms in total. The van der Waals surface area contributed by atoms with Crippen molar-refractivity contribution in [1.29, 1.82) is 0 Å². The first-order valence-electron chi connectivity index (χ1n) is 10.7. The van der Waals surface area contributed by atoms with Gasteiger partial charge in [0, 0.05) is 19.6 Å². The Balaban J connectivity index is 1.55. The van der Waals surface area contributed by atoms with E-state index in [9.17, 15) is 0 Å². The number of hydrogen-bond acceptors (Lipinski definition) is 4. The SMILES string of the molecule is CCNC(=NCc1ccc(OC)c(OC)c1)NCc1ccc(CN2CCCC2)cc1. The number of ether oxygens (including phenoxy) is 2. The maximum Gasteiger partial charge on any atom is 0.191 e. The summed E-state index contributed by atoms with van der Waals surface area (Å²) in [7, 11) is 3.29. The molecule has 6 heteroatoms. The highest BCUT2D eigenvalue weighted by molar-refractivity contribution is 5.79. The zero-order valence-electron chi connectivity index (χ0n) is 18.4. The van der Waals surface area contributed by atoms with Crippen molar-refractivity contribution in [2.45, 2.75) is 39.4 Å². The minimum atomic E-state index is 0.560. The van der Waals surface area contributed by atoms with Gasteiger partial charge in [0.2, 0.25) is 0 Å². The molecular formula is C24H34N4O2. The third-order valence-electron chi connectivity index (χ3n) is 5.30. The van der Waals surface area contributed by atoms with Gasteiger partial charge in [-0.2, -0.15) is 0 Å². The maximum atomic E-state index is 5.38. The van der Waals surface area contributed by atoms with Crippen LogP contribution in [-0.2, 0) is 19.6 Å². The third kappa shape index (κ3) is 6.39. The minimum absolute atomic E-state index is 0.560. The van der Waals surface area contributed by atoms with Crippen LogP contribution < -0.4 is 20.1 Å². The molecule has 1 heterocycles. The third-order valence-corrected chi connectivity index (χ3v) is 5.30. The minimum Gasteiger partial charge on any atom is -0.493 e. The molecule has 0 aromatic heterocycles. The Kier molecular flexibility index (Phi) is 8.39. The normalized spacial score (nSPS) is 14.6. The van der Waals surface area contributed by atoms with E-state index in [0.29, 0.717) is 6.54 Å². The number of nitrogens with one attached hydrogen (secondary N) is 2. The zero-order chi connectivity index (χ0) is 21.2. The predicted octanol–water partition coefficient (Wildman–Crippen LogP) is 3.55. The summed E-state index contributed by atoms with van der Waals surface area (Å²) in [5.41, 5.74) is 3.70. The Hall–Kier alpha value is -2.73. The first-order valence-corrected chi connectivity index (χ1v) is 10.7. The van der Waals surface area contributed by atoms with Crippen molar-refractivity contribution in [3.8, 4) is 11.5 Å². The molecule has 30 heavy (non-hydrogen) atoms. The van der Waals surface area contributed by atoms with Crippen LogP contribution in [0.5, 0.6) is 11.5 Å². The summed E-state index contributed by atoms with van der Waals surface area (Å²) in [5.74, 6) is 2.24. The van der Waals surface area contributed by atoms with Crippen LogP contribution >= 0.6 is 0 Å². The molecule has 2 aromatic rings. The number of nitrogens with zero attached hydrogens (tertiary/aromatic N) is 2. The Bertz CT molecular complexity index is 814. The lowest BCUT2D eigenvalue weighted by Gasteiger charge is -2.15. The molecule has 1 aliphatic rings. The quantitative estimate of drug-likeness (QED) is 0.489. The maximum absolute atomic E-state index is 5.38. The molecule has 0 amide bonds. The van der Waals surface area contributed by atoms with Crippen LogP contribution in [0.2, 0.25) is 0 Å². The van der Waals surface area contributed by atoms with E-state index in [-0.39, 0.29) is 0 Å². The van der Waals surface area contributed by atoms with Gasteiger partial charge in [-0.25, -0.2) is 4.99 Å². The van der Waals surface area contributed by atoms with E-state index >= 15 is 0 Å². The summed E-state index contributed by atoms with van der Waals surface area (Å²) in [6.45, 7) is 7.69. The van der Waals surface area contributed by atoms with Gasteiger partial charge in [0.05, 0.1) is 20.8 Å². The molecule has 1 fully saturated rings. The number of benzene rings is 2. The highest BCUT2D eigenvalue weighted by Crippen LogP contribution is 2.27. The number of rotatable bonds is 9. The van der Waals surface area contributed by atoms with E-state index in [1.807, 2.05) is 18.2 Å². The summed E-state index contributed by atoms with van der Waals surface area (Å²) in [5, 5.41) is 6.73. The van der Waals surface area contributed by atoms with Crippen molar-refractivity contribution in [3.63, 3.8) is 0 Å². The summed E-state index contributed by atoms with van der Waals surface area (Å²) in [6.07, 6.45) is 2.66. The first kappa shape index (κ1) is 22.0. The Morgan fingerprint density at radius 1 is 0.900 bits per heavy atom. The Morgan fingerprint density at radius 2 is 1.57 bits per heavy atom. The number of aliphatic imine (C=N–C) groups is 1. The fraction of sp³-hybridized carbons (Fsp3) is 0.458. The standard InChI is InChI=1S/C24H34N4O2/c1-4-25-24(27-17-21-11-12-22(29-2)23(15-21)30-3)26-16-19-7-9-20(10-8-19)18-28-13-5-6-14-28/h7-12,15H,4-6,13-14,16-18H2,1-3H3,(H2,25,26,27). The van der Waals surface area contributed by atoms with Crippen molar-refractivity contribution in [3.05, 3.63) is 59.2 Å². The van der Waals surface area contributed by atoms with Crippen molar-refractivity contribution in [2.75, 3.05) is 33.9 Å². The monoisotopic (exact) mass is 410 g/mol. The second-order valence-corrected chi connectivity index (χ2v) is 7.54. The van der Waals surface area contributed by atoms with Gasteiger partial charge in [0.25, 0.3) is 0 Å². The Morgan fingerprint density at radius 3 is 2.23 bits per heavy atom. The molecule has 2 N–H and O–H groups in total. The van der Waals surface area contributed by atoms with Crippen molar-refractivity contribution < 1.29 is 9.47 Å². The summed E-state index contributed by atoms with van der Waals surface area (Å²) in [6, 6.07) is 14.8. The number of likely N-dealkylation sites (tertiary alicyclic amines) is 1. The van der Waals surface area contributed by atoms with Crippen molar-refractivity contribution in [2.24, 2.45) is 4.99 Å². The molecule has 0 bridgehead atoms. The lowest BCUT2D eigenvalue weighted by atomic mass is 10.1. The van der Waals surface area contributed by atoms with Gasteiger partial charge < -0.3 is 20.1 Å². The summed E-state index contributed by atoms with van der Waals surface area (Å²) in [4.78, 5) is 7.23. The predicted molar refractivity (Wildman–Crippen MR) is 122 cm³/mol. The van der Waals surface area contributed by atoms with Gasteiger partial charge >= 0.3 is 0 Å². The Labute approximate surface area is 180 Å². The van der Waals surface area contributed by atoms with Crippen LogP contribution in [0.4, 0.5) is 0 Å². The van der Waals surface area contributed by atoms with E-state index in [4.69, 9.17) is 14.5 Å². The molecular weight excluding hydrogens is 376 g/mol. The number of methoxy groups -OCH3 is 2.